The minimum atomic E-state index is -0.481. The first-order chi connectivity index (χ1) is 6.29. The molecule has 2 amide bonds. The number of primary amides is 1. The van der Waals surface area contributed by atoms with Gasteiger partial charge in [-0.15, -0.1) is 0 Å². The number of rotatable bonds is 0. The standard InChI is InChI=1S/C9H9N3O/c10-9(13)12-6-5-11-7-3-1-2-4-8(7)12/h1-6,11H,(H2,10,13). The highest BCUT2D eigenvalue weighted by atomic mass is 16.2. The van der Waals surface area contributed by atoms with Gasteiger partial charge in [-0.2, -0.15) is 0 Å². The number of carbonyl (C=O) groups excluding carboxylic acids is 1. The summed E-state index contributed by atoms with van der Waals surface area (Å²) < 4.78 is 0. The van der Waals surface area contributed by atoms with E-state index in [1.54, 1.807) is 12.4 Å². The van der Waals surface area contributed by atoms with E-state index < -0.39 is 6.03 Å². The molecule has 0 saturated heterocycles. The Hall–Kier alpha value is -1.97. The molecule has 1 aliphatic heterocycles. The first-order valence-corrected chi connectivity index (χ1v) is 3.90. The van der Waals surface area contributed by atoms with Gasteiger partial charge in [0.25, 0.3) is 0 Å². The Morgan fingerprint density at radius 2 is 2.15 bits per heavy atom. The zero-order chi connectivity index (χ0) is 9.26. The topological polar surface area (TPSA) is 58.4 Å². The monoisotopic (exact) mass is 175 g/mol. The molecule has 4 nitrogen and oxygen atoms in total. The van der Waals surface area contributed by atoms with Crippen LogP contribution in [0.1, 0.15) is 0 Å². The SMILES string of the molecule is NC(=O)N1C=CNc2ccccc21. The summed E-state index contributed by atoms with van der Waals surface area (Å²) in [6.07, 6.45) is 3.28. The van der Waals surface area contributed by atoms with Crippen molar-refractivity contribution in [1.82, 2.24) is 0 Å². The fraction of sp³-hybridized carbons (Fsp3) is 0. The Bertz CT molecular complexity index is 373. The molecule has 0 aliphatic carbocycles. The predicted molar refractivity (Wildman–Crippen MR) is 51.3 cm³/mol. The molecular weight excluding hydrogens is 166 g/mol. The van der Waals surface area contributed by atoms with E-state index in [-0.39, 0.29) is 0 Å². The molecule has 0 atom stereocenters. The highest BCUT2D eigenvalue weighted by Crippen LogP contribution is 2.28. The second-order valence-electron chi connectivity index (χ2n) is 2.69. The number of benzene rings is 1. The van der Waals surface area contributed by atoms with E-state index in [9.17, 15) is 4.79 Å². The molecule has 0 bridgehead atoms. The summed E-state index contributed by atoms with van der Waals surface area (Å²) in [5.41, 5.74) is 6.84. The van der Waals surface area contributed by atoms with E-state index in [1.165, 1.54) is 4.90 Å². The van der Waals surface area contributed by atoms with E-state index >= 15 is 0 Å². The third kappa shape index (κ3) is 1.22. The third-order valence-corrected chi connectivity index (χ3v) is 1.86. The lowest BCUT2D eigenvalue weighted by atomic mass is 10.2. The van der Waals surface area contributed by atoms with E-state index in [4.69, 9.17) is 5.73 Å². The average molecular weight is 175 g/mol. The second kappa shape index (κ2) is 2.82. The number of carbonyl (C=O) groups is 1. The van der Waals surface area contributed by atoms with Gasteiger partial charge in [0.05, 0.1) is 11.4 Å². The summed E-state index contributed by atoms with van der Waals surface area (Å²) in [5, 5.41) is 3.02. The Labute approximate surface area is 75.6 Å². The molecule has 1 aliphatic rings. The van der Waals surface area contributed by atoms with Gasteiger partial charge in [-0.1, -0.05) is 12.1 Å². The van der Waals surface area contributed by atoms with Gasteiger partial charge in [-0.05, 0) is 12.1 Å². The molecule has 3 N–H and O–H groups in total. The highest BCUT2D eigenvalue weighted by molar-refractivity contribution is 5.97. The highest BCUT2D eigenvalue weighted by Gasteiger charge is 2.15. The normalized spacial score (nSPS) is 13.4. The number of para-hydroxylation sites is 2. The van der Waals surface area contributed by atoms with Crippen molar-refractivity contribution in [2.45, 2.75) is 0 Å². The average Bonchev–Trinajstić information content (AvgIpc) is 2.17. The molecule has 0 spiro atoms. The van der Waals surface area contributed by atoms with Crippen LogP contribution in [-0.2, 0) is 0 Å². The van der Waals surface area contributed by atoms with Crippen molar-refractivity contribution >= 4 is 17.4 Å². The van der Waals surface area contributed by atoms with E-state index in [1.807, 2.05) is 24.3 Å². The fourth-order valence-corrected chi connectivity index (χ4v) is 1.28. The molecular formula is C9H9N3O. The number of amides is 2. The molecule has 2 rings (SSSR count). The maximum Gasteiger partial charge on any atom is 0.323 e. The Kier molecular flexibility index (Phi) is 1.66. The van der Waals surface area contributed by atoms with Crippen LogP contribution in [0, 0.1) is 0 Å². The van der Waals surface area contributed by atoms with Gasteiger partial charge < -0.3 is 11.1 Å². The molecule has 0 radical (unpaired) electrons. The van der Waals surface area contributed by atoms with Crippen molar-refractivity contribution in [2.75, 3.05) is 10.2 Å². The van der Waals surface area contributed by atoms with E-state index in [2.05, 4.69) is 5.32 Å². The third-order valence-electron chi connectivity index (χ3n) is 1.86. The number of nitrogens with one attached hydrogen (secondary N) is 1. The molecule has 66 valence electrons. The lowest BCUT2D eigenvalue weighted by Gasteiger charge is -2.22. The molecule has 0 saturated carbocycles. The molecule has 13 heavy (non-hydrogen) atoms. The number of fused-ring (bicyclic) bond motifs is 1. The van der Waals surface area contributed by atoms with Gasteiger partial charge in [-0.3, -0.25) is 4.90 Å². The van der Waals surface area contributed by atoms with Crippen molar-refractivity contribution in [3.8, 4) is 0 Å². The number of nitrogens with two attached hydrogens (primary N) is 1. The Morgan fingerprint density at radius 1 is 1.38 bits per heavy atom. The van der Waals surface area contributed by atoms with E-state index in [0.717, 1.165) is 11.4 Å². The van der Waals surface area contributed by atoms with Crippen molar-refractivity contribution in [3.05, 3.63) is 36.7 Å². The summed E-state index contributed by atoms with van der Waals surface area (Å²) >= 11 is 0. The number of hydrogen-bond donors (Lipinski definition) is 2. The van der Waals surface area contributed by atoms with Crippen LogP contribution in [0.3, 0.4) is 0 Å². The number of nitrogens with zero attached hydrogens (tertiary/aromatic N) is 1. The smallest absolute Gasteiger partial charge is 0.323 e. The Balaban J connectivity index is 2.48. The van der Waals surface area contributed by atoms with Gasteiger partial charge in [-0.25, -0.2) is 4.79 Å². The van der Waals surface area contributed by atoms with Crippen molar-refractivity contribution in [2.24, 2.45) is 5.73 Å². The quantitative estimate of drug-likeness (QED) is 0.627. The van der Waals surface area contributed by atoms with Crippen LogP contribution in [0.4, 0.5) is 16.2 Å². The van der Waals surface area contributed by atoms with Crippen LogP contribution in [0.5, 0.6) is 0 Å². The summed E-state index contributed by atoms with van der Waals surface area (Å²) in [5.74, 6) is 0. The Morgan fingerprint density at radius 3 is 2.92 bits per heavy atom. The first-order valence-electron chi connectivity index (χ1n) is 3.90. The maximum atomic E-state index is 11.0. The van der Waals surface area contributed by atoms with Gasteiger partial charge in [0.15, 0.2) is 0 Å². The molecule has 4 heteroatoms. The van der Waals surface area contributed by atoms with Gasteiger partial charge in [0.1, 0.15) is 0 Å². The van der Waals surface area contributed by atoms with Gasteiger partial charge >= 0.3 is 6.03 Å². The van der Waals surface area contributed by atoms with Crippen LogP contribution in [0.15, 0.2) is 36.7 Å². The lowest BCUT2D eigenvalue weighted by Crippen LogP contribution is -2.33. The molecule has 1 heterocycles. The minimum absolute atomic E-state index is 0.481. The minimum Gasteiger partial charge on any atom is -0.359 e. The fourth-order valence-electron chi connectivity index (χ4n) is 1.28. The van der Waals surface area contributed by atoms with Crippen LogP contribution in [0.25, 0.3) is 0 Å². The lowest BCUT2D eigenvalue weighted by molar-refractivity contribution is 0.256. The number of urea groups is 1. The molecule has 0 fully saturated rings. The molecule has 1 aromatic carbocycles. The predicted octanol–water partition coefficient (Wildman–Crippen LogP) is 1.47. The second-order valence-corrected chi connectivity index (χ2v) is 2.69. The summed E-state index contributed by atoms with van der Waals surface area (Å²) in [7, 11) is 0. The zero-order valence-corrected chi connectivity index (χ0v) is 6.90. The molecule has 0 unspecified atom stereocenters. The van der Waals surface area contributed by atoms with Crippen molar-refractivity contribution < 1.29 is 4.79 Å². The summed E-state index contributed by atoms with van der Waals surface area (Å²) in [6.45, 7) is 0. The summed E-state index contributed by atoms with van der Waals surface area (Å²) in [6, 6.07) is 6.98. The molecule has 1 aromatic rings. The van der Waals surface area contributed by atoms with Crippen LogP contribution < -0.4 is 16.0 Å². The maximum absolute atomic E-state index is 11.0. The number of anilines is 2. The zero-order valence-electron chi connectivity index (χ0n) is 6.90. The largest absolute Gasteiger partial charge is 0.359 e. The van der Waals surface area contributed by atoms with Crippen LogP contribution in [-0.4, -0.2) is 6.03 Å². The van der Waals surface area contributed by atoms with Crippen LogP contribution in [0.2, 0.25) is 0 Å². The van der Waals surface area contributed by atoms with Gasteiger partial charge in [0, 0.05) is 12.4 Å². The number of hydrogen-bond acceptors (Lipinski definition) is 2. The van der Waals surface area contributed by atoms with Crippen LogP contribution >= 0.6 is 0 Å². The van der Waals surface area contributed by atoms with E-state index in [0.29, 0.717) is 0 Å². The van der Waals surface area contributed by atoms with Crippen molar-refractivity contribution in [3.63, 3.8) is 0 Å². The molecule has 0 aromatic heterocycles. The van der Waals surface area contributed by atoms with Gasteiger partial charge in [0.2, 0.25) is 0 Å². The first kappa shape index (κ1) is 7.67. The summed E-state index contributed by atoms with van der Waals surface area (Å²) in [4.78, 5) is 12.4. The van der Waals surface area contributed by atoms with Crippen molar-refractivity contribution in [1.29, 1.82) is 0 Å².